The van der Waals surface area contributed by atoms with Crippen molar-refractivity contribution in [3.05, 3.63) is 102 Å². The van der Waals surface area contributed by atoms with E-state index in [1.54, 1.807) is 11.8 Å². The third-order valence-corrected chi connectivity index (χ3v) is 7.90. The molecule has 2 saturated heterocycles. The number of amides is 3. The first kappa shape index (κ1) is 29.8. The molecule has 0 bridgehead atoms. The zero-order chi connectivity index (χ0) is 30.2. The second-order valence-corrected chi connectivity index (χ2v) is 10.8. The molecule has 0 saturated carbocycles. The number of carbonyl (C=O) groups excluding carboxylic acids is 4. The van der Waals surface area contributed by atoms with Gasteiger partial charge in [0.1, 0.15) is 19.0 Å². The SMILES string of the molecule is CCC(=O)N1C(=O)O[C@@H](C(=O)N2CCC(C(=O)OCc3ccc(OCc4ccccc4)cc3)CC2)[C@@H]1Cc1ccccc1. The number of carbonyl (C=O) groups is 4. The lowest BCUT2D eigenvalue weighted by atomic mass is 9.95. The van der Waals surface area contributed by atoms with Crippen molar-refractivity contribution in [1.29, 1.82) is 0 Å². The number of likely N-dealkylation sites (tertiary alicyclic amines) is 1. The second kappa shape index (κ2) is 14.0. The van der Waals surface area contributed by atoms with Gasteiger partial charge in [0.25, 0.3) is 5.91 Å². The molecule has 0 aromatic heterocycles. The third-order valence-electron chi connectivity index (χ3n) is 7.90. The molecule has 2 aliphatic rings. The summed E-state index contributed by atoms with van der Waals surface area (Å²) in [4.78, 5) is 54.3. The van der Waals surface area contributed by atoms with E-state index in [9.17, 15) is 19.2 Å². The quantitative estimate of drug-likeness (QED) is 0.312. The number of benzene rings is 3. The van der Waals surface area contributed by atoms with Crippen molar-refractivity contribution in [2.75, 3.05) is 13.1 Å². The Balaban J connectivity index is 1.11. The van der Waals surface area contributed by atoms with Crippen molar-refractivity contribution >= 4 is 23.9 Å². The van der Waals surface area contributed by atoms with Gasteiger partial charge in [-0.05, 0) is 48.1 Å². The Hall–Kier alpha value is -4.66. The fourth-order valence-corrected chi connectivity index (χ4v) is 5.45. The normalized spacial score (nSPS) is 18.7. The van der Waals surface area contributed by atoms with Gasteiger partial charge in [-0.2, -0.15) is 0 Å². The molecule has 0 spiro atoms. The molecule has 2 atom stereocenters. The maximum Gasteiger partial charge on any atom is 0.417 e. The fourth-order valence-electron chi connectivity index (χ4n) is 5.45. The van der Waals surface area contributed by atoms with Gasteiger partial charge in [0.2, 0.25) is 12.0 Å². The summed E-state index contributed by atoms with van der Waals surface area (Å²) in [5, 5.41) is 0. The minimum Gasteiger partial charge on any atom is -0.489 e. The van der Waals surface area contributed by atoms with Gasteiger partial charge < -0.3 is 19.1 Å². The number of nitrogens with zero attached hydrogens (tertiary/aromatic N) is 2. The molecule has 0 aliphatic carbocycles. The fraction of sp³-hybridized carbons (Fsp3) is 0.353. The molecule has 3 amide bonds. The number of esters is 1. The first-order chi connectivity index (χ1) is 20.9. The number of ether oxygens (including phenoxy) is 3. The molecular formula is C34H36N2O7. The van der Waals surface area contributed by atoms with Gasteiger partial charge in [-0.3, -0.25) is 14.4 Å². The minimum atomic E-state index is -1.09. The number of hydrogen-bond acceptors (Lipinski definition) is 7. The number of rotatable bonds is 10. The summed E-state index contributed by atoms with van der Waals surface area (Å²) in [5.74, 6) is -0.622. The predicted molar refractivity (Wildman–Crippen MR) is 158 cm³/mol. The largest absolute Gasteiger partial charge is 0.489 e. The van der Waals surface area contributed by atoms with E-state index in [2.05, 4.69) is 0 Å². The van der Waals surface area contributed by atoms with Gasteiger partial charge in [0.15, 0.2) is 0 Å². The van der Waals surface area contributed by atoms with Crippen molar-refractivity contribution in [2.24, 2.45) is 5.92 Å². The highest BCUT2D eigenvalue weighted by molar-refractivity contribution is 5.97. The molecule has 5 rings (SSSR count). The third kappa shape index (κ3) is 7.41. The number of imide groups is 1. The lowest BCUT2D eigenvalue weighted by Crippen LogP contribution is -2.51. The lowest BCUT2D eigenvalue weighted by molar-refractivity contribution is -0.154. The van der Waals surface area contributed by atoms with Gasteiger partial charge in [-0.1, -0.05) is 79.7 Å². The van der Waals surface area contributed by atoms with Gasteiger partial charge in [0.05, 0.1) is 12.0 Å². The summed E-state index contributed by atoms with van der Waals surface area (Å²) in [6.07, 6.45) is -0.554. The Bertz CT molecular complexity index is 1400. The zero-order valence-electron chi connectivity index (χ0n) is 24.2. The van der Waals surface area contributed by atoms with E-state index in [0.717, 1.165) is 27.3 Å². The van der Waals surface area contributed by atoms with Crippen LogP contribution in [0.3, 0.4) is 0 Å². The van der Waals surface area contributed by atoms with Crippen molar-refractivity contribution in [2.45, 2.75) is 58.0 Å². The van der Waals surface area contributed by atoms with Crippen LogP contribution in [-0.4, -0.2) is 58.9 Å². The van der Waals surface area contributed by atoms with Crippen LogP contribution in [0.4, 0.5) is 4.79 Å². The highest BCUT2D eigenvalue weighted by atomic mass is 16.6. The molecule has 3 aromatic rings. The standard InChI is InChI=1S/C34H36N2O7/c1-2-30(37)36-29(21-24-9-5-3-6-10-24)31(43-34(36)40)32(38)35-19-17-27(18-20-35)33(39)42-23-26-13-15-28(16-14-26)41-22-25-11-7-4-8-12-25/h3-16,27,29,31H,2,17-23H2,1H3/t29-,31+/m0/s1. The molecule has 3 aromatic carbocycles. The van der Waals surface area contributed by atoms with Crippen molar-refractivity contribution in [3.63, 3.8) is 0 Å². The average molecular weight is 585 g/mol. The van der Waals surface area contributed by atoms with Crippen LogP contribution in [0.2, 0.25) is 0 Å². The lowest BCUT2D eigenvalue weighted by Gasteiger charge is -2.33. The molecule has 224 valence electrons. The molecule has 0 unspecified atom stereocenters. The van der Waals surface area contributed by atoms with E-state index in [4.69, 9.17) is 14.2 Å². The van der Waals surface area contributed by atoms with Crippen LogP contribution in [0.1, 0.15) is 42.9 Å². The summed E-state index contributed by atoms with van der Waals surface area (Å²) in [5.41, 5.74) is 2.83. The van der Waals surface area contributed by atoms with Crippen molar-refractivity contribution < 1.29 is 33.4 Å². The van der Waals surface area contributed by atoms with E-state index in [-0.39, 0.29) is 36.7 Å². The van der Waals surface area contributed by atoms with E-state index >= 15 is 0 Å². The predicted octanol–water partition coefficient (Wildman–Crippen LogP) is 4.92. The van der Waals surface area contributed by atoms with Crippen LogP contribution in [0.25, 0.3) is 0 Å². The topological polar surface area (TPSA) is 102 Å². The molecule has 2 aliphatic heterocycles. The summed E-state index contributed by atoms with van der Waals surface area (Å²) in [7, 11) is 0. The van der Waals surface area contributed by atoms with Crippen LogP contribution < -0.4 is 4.74 Å². The Morgan fingerprint density at radius 1 is 0.814 bits per heavy atom. The first-order valence-electron chi connectivity index (χ1n) is 14.7. The number of hydrogen-bond donors (Lipinski definition) is 0. The van der Waals surface area contributed by atoms with E-state index in [1.807, 2.05) is 84.9 Å². The summed E-state index contributed by atoms with van der Waals surface area (Å²) in [6, 6.07) is 26.0. The van der Waals surface area contributed by atoms with E-state index in [1.165, 1.54) is 0 Å². The van der Waals surface area contributed by atoms with Crippen LogP contribution in [0.15, 0.2) is 84.9 Å². The Morgan fingerprint density at radius 2 is 1.42 bits per heavy atom. The van der Waals surface area contributed by atoms with Gasteiger partial charge in [-0.15, -0.1) is 0 Å². The van der Waals surface area contributed by atoms with Crippen LogP contribution in [0.5, 0.6) is 5.75 Å². The summed E-state index contributed by atoms with van der Waals surface area (Å²) < 4.78 is 16.9. The highest BCUT2D eigenvalue weighted by Gasteiger charge is 2.49. The van der Waals surface area contributed by atoms with Gasteiger partial charge >= 0.3 is 12.1 Å². The molecule has 0 N–H and O–H groups in total. The highest BCUT2D eigenvalue weighted by Crippen LogP contribution is 2.28. The van der Waals surface area contributed by atoms with Crippen molar-refractivity contribution in [3.8, 4) is 5.75 Å². The maximum absolute atomic E-state index is 13.5. The Labute approximate surface area is 251 Å². The minimum absolute atomic E-state index is 0.126. The number of piperidine rings is 1. The van der Waals surface area contributed by atoms with Gasteiger partial charge in [0, 0.05) is 19.5 Å². The molecule has 2 fully saturated rings. The Kier molecular flexibility index (Phi) is 9.71. The van der Waals surface area contributed by atoms with Crippen LogP contribution >= 0.6 is 0 Å². The van der Waals surface area contributed by atoms with E-state index in [0.29, 0.717) is 39.0 Å². The summed E-state index contributed by atoms with van der Waals surface area (Å²) >= 11 is 0. The van der Waals surface area contributed by atoms with Crippen LogP contribution in [0, 0.1) is 5.92 Å². The zero-order valence-corrected chi connectivity index (χ0v) is 24.2. The summed E-state index contributed by atoms with van der Waals surface area (Å²) in [6.45, 7) is 2.96. The van der Waals surface area contributed by atoms with E-state index < -0.39 is 18.2 Å². The average Bonchev–Trinajstić information content (AvgIpc) is 3.38. The molecule has 9 nitrogen and oxygen atoms in total. The first-order valence-corrected chi connectivity index (χ1v) is 14.7. The maximum atomic E-state index is 13.5. The Morgan fingerprint density at radius 3 is 2.05 bits per heavy atom. The molecule has 43 heavy (non-hydrogen) atoms. The van der Waals surface area contributed by atoms with Crippen LogP contribution in [-0.2, 0) is 43.5 Å². The monoisotopic (exact) mass is 584 g/mol. The smallest absolute Gasteiger partial charge is 0.417 e. The van der Waals surface area contributed by atoms with Crippen molar-refractivity contribution in [1.82, 2.24) is 9.80 Å². The molecule has 0 radical (unpaired) electrons. The number of cyclic esters (lactones) is 1. The van der Waals surface area contributed by atoms with Gasteiger partial charge in [-0.25, -0.2) is 9.69 Å². The molecule has 9 heteroatoms. The molecular weight excluding hydrogens is 548 g/mol. The molecule has 2 heterocycles. The second-order valence-electron chi connectivity index (χ2n) is 10.8.